The molecule has 2 aromatic rings. The number of hydrazone groups is 1. The van der Waals surface area contributed by atoms with Gasteiger partial charge in [-0.2, -0.15) is 5.10 Å². The summed E-state index contributed by atoms with van der Waals surface area (Å²) in [6.45, 7) is 2.06. The van der Waals surface area contributed by atoms with Crippen molar-refractivity contribution in [2.24, 2.45) is 5.10 Å². The van der Waals surface area contributed by atoms with E-state index in [2.05, 4.69) is 57.6 Å². The van der Waals surface area contributed by atoms with Crippen molar-refractivity contribution in [3.05, 3.63) is 58.1 Å². The minimum absolute atomic E-state index is 0.111. The number of hydrogen-bond donors (Lipinski definition) is 1. The van der Waals surface area contributed by atoms with Gasteiger partial charge in [-0.1, -0.05) is 33.6 Å². The molecule has 1 amide bonds. The minimum Gasteiger partial charge on any atom is -0.496 e. The number of ether oxygens (including phenoxy) is 1. The Bertz CT molecular complexity index is 717. The smallest absolute Gasteiger partial charge is 0.240 e. The maximum absolute atomic E-state index is 11.8. The highest BCUT2D eigenvalue weighted by molar-refractivity contribution is 9.10. The number of benzene rings is 2. The molecule has 0 bridgehead atoms. The second kappa shape index (κ2) is 9.49. The normalized spacial score (nSPS) is 10.8. The maximum Gasteiger partial charge on any atom is 0.240 e. The van der Waals surface area contributed by atoms with Gasteiger partial charge in [-0.25, -0.2) is 5.43 Å². The van der Waals surface area contributed by atoms with Crippen LogP contribution in [0.5, 0.6) is 5.75 Å². The predicted octanol–water partition coefficient (Wildman–Crippen LogP) is 4.40. The number of methoxy groups -OCH3 is 1. The average Bonchev–Trinajstić information content (AvgIpc) is 2.57. The van der Waals surface area contributed by atoms with E-state index < -0.39 is 0 Å². The van der Waals surface area contributed by atoms with E-state index in [9.17, 15) is 4.79 Å². The molecule has 0 spiro atoms. The highest BCUT2D eigenvalue weighted by Crippen LogP contribution is 2.21. The van der Waals surface area contributed by atoms with Crippen molar-refractivity contribution in [1.29, 1.82) is 0 Å². The van der Waals surface area contributed by atoms with E-state index in [0.29, 0.717) is 17.9 Å². The second-order valence-electron chi connectivity index (χ2n) is 5.09. The topological polar surface area (TPSA) is 50.7 Å². The summed E-state index contributed by atoms with van der Waals surface area (Å²) in [6.07, 6.45) is 1.99. The molecule has 0 fully saturated rings. The molecule has 2 rings (SSSR count). The van der Waals surface area contributed by atoms with Crippen LogP contribution in [0.15, 0.2) is 56.9 Å². The minimum atomic E-state index is -0.111. The molecule has 1 N–H and O–H groups in total. The van der Waals surface area contributed by atoms with Crippen LogP contribution in [0.25, 0.3) is 0 Å². The van der Waals surface area contributed by atoms with E-state index in [1.165, 1.54) is 5.56 Å². The van der Waals surface area contributed by atoms with Gasteiger partial charge in [-0.05, 0) is 37.3 Å². The molecule has 24 heavy (non-hydrogen) atoms. The molecule has 6 heteroatoms. The van der Waals surface area contributed by atoms with Gasteiger partial charge < -0.3 is 4.74 Å². The number of rotatable bonds is 7. The lowest BCUT2D eigenvalue weighted by molar-refractivity contribution is -0.120. The van der Waals surface area contributed by atoms with Gasteiger partial charge in [0, 0.05) is 27.1 Å². The molecule has 0 radical (unpaired) electrons. The molecular formula is C18H19BrN2O2S. The van der Waals surface area contributed by atoms with Gasteiger partial charge in [-0.3, -0.25) is 4.79 Å². The van der Waals surface area contributed by atoms with Crippen LogP contribution in [0.4, 0.5) is 0 Å². The lowest BCUT2D eigenvalue weighted by Crippen LogP contribution is -2.17. The Balaban J connectivity index is 1.78. The Morgan fingerprint density at radius 3 is 2.75 bits per heavy atom. The van der Waals surface area contributed by atoms with E-state index in [0.717, 1.165) is 14.9 Å². The largest absolute Gasteiger partial charge is 0.496 e. The van der Waals surface area contributed by atoms with Crippen LogP contribution in [0.2, 0.25) is 0 Å². The summed E-state index contributed by atoms with van der Waals surface area (Å²) in [5, 5.41) is 3.99. The van der Waals surface area contributed by atoms with Gasteiger partial charge in [-0.15, -0.1) is 11.8 Å². The van der Waals surface area contributed by atoms with Gasteiger partial charge in [0.2, 0.25) is 5.91 Å². The first-order chi connectivity index (χ1) is 11.6. The predicted molar refractivity (Wildman–Crippen MR) is 103 cm³/mol. The van der Waals surface area contributed by atoms with E-state index in [1.807, 2.05) is 18.2 Å². The Kier molecular flexibility index (Phi) is 7.34. The molecule has 0 unspecified atom stereocenters. The molecule has 0 atom stereocenters. The first-order valence-corrected chi connectivity index (χ1v) is 9.21. The quantitative estimate of drug-likeness (QED) is 0.421. The van der Waals surface area contributed by atoms with Crippen LogP contribution in [0.3, 0.4) is 0 Å². The van der Waals surface area contributed by atoms with Crippen LogP contribution in [-0.2, 0) is 4.79 Å². The number of aryl methyl sites for hydroxylation is 1. The lowest BCUT2D eigenvalue weighted by atomic mass is 10.2. The van der Waals surface area contributed by atoms with Crippen molar-refractivity contribution in [3.8, 4) is 5.75 Å². The summed E-state index contributed by atoms with van der Waals surface area (Å²) in [5.41, 5.74) is 4.57. The first kappa shape index (κ1) is 18.5. The van der Waals surface area contributed by atoms with Crippen LogP contribution < -0.4 is 10.2 Å². The highest BCUT2D eigenvalue weighted by atomic mass is 79.9. The molecule has 0 aliphatic carbocycles. The molecule has 0 aliphatic heterocycles. The Morgan fingerprint density at radius 1 is 1.29 bits per heavy atom. The number of hydrogen-bond acceptors (Lipinski definition) is 4. The monoisotopic (exact) mass is 406 g/mol. The molecule has 4 nitrogen and oxygen atoms in total. The number of halogens is 1. The third-order valence-electron chi connectivity index (χ3n) is 3.20. The summed E-state index contributed by atoms with van der Waals surface area (Å²) in [6, 6.07) is 13.9. The molecule has 0 heterocycles. The van der Waals surface area contributed by atoms with E-state index in [4.69, 9.17) is 4.74 Å². The Labute approximate surface area is 154 Å². The number of nitrogens with zero attached hydrogens (tertiary/aromatic N) is 1. The van der Waals surface area contributed by atoms with Crippen LogP contribution >= 0.6 is 27.7 Å². The fourth-order valence-electron chi connectivity index (χ4n) is 1.93. The van der Waals surface area contributed by atoms with Crippen molar-refractivity contribution in [1.82, 2.24) is 5.43 Å². The van der Waals surface area contributed by atoms with Crippen molar-refractivity contribution in [3.63, 3.8) is 0 Å². The molecule has 126 valence electrons. The third-order valence-corrected chi connectivity index (χ3v) is 4.71. The van der Waals surface area contributed by atoms with Crippen molar-refractivity contribution < 1.29 is 9.53 Å². The number of carbonyl (C=O) groups excluding carboxylic acids is 1. The number of nitrogens with one attached hydrogen (secondary N) is 1. The molecular weight excluding hydrogens is 388 g/mol. The summed E-state index contributed by atoms with van der Waals surface area (Å²) in [4.78, 5) is 13.0. The number of amides is 1. The van der Waals surface area contributed by atoms with E-state index in [-0.39, 0.29) is 5.91 Å². The van der Waals surface area contributed by atoms with Crippen molar-refractivity contribution >= 4 is 39.8 Å². The summed E-state index contributed by atoms with van der Waals surface area (Å²) in [7, 11) is 1.60. The molecule has 0 saturated heterocycles. The Morgan fingerprint density at radius 2 is 2.04 bits per heavy atom. The average molecular weight is 407 g/mol. The second-order valence-corrected chi connectivity index (χ2v) is 7.17. The standard InChI is InChI=1S/C18H19BrN2O2S/c1-13-3-6-16(7-4-13)24-10-9-18(22)21-20-12-14-11-15(19)5-8-17(14)23-2/h3-8,11-12H,9-10H2,1-2H3,(H,21,22)/b20-12-. The fourth-order valence-corrected chi connectivity index (χ4v) is 3.16. The first-order valence-electron chi connectivity index (χ1n) is 7.43. The van der Waals surface area contributed by atoms with Crippen molar-refractivity contribution in [2.45, 2.75) is 18.2 Å². The van der Waals surface area contributed by atoms with Gasteiger partial charge in [0.1, 0.15) is 5.75 Å². The molecule has 0 aromatic heterocycles. The third kappa shape index (κ3) is 6.02. The van der Waals surface area contributed by atoms with Crippen molar-refractivity contribution in [2.75, 3.05) is 12.9 Å². The van der Waals surface area contributed by atoms with Crippen LogP contribution in [0.1, 0.15) is 17.5 Å². The van der Waals surface area contributed by atoms with E-state index >= 15 is 0 Å². The van der Waals surface area contributed by atoms with Crippen LogP contribution in [0, 0.1) is 6.92 Å². The zero-order valence-corrected chi connectivity index (χ0v) is 16.0. The van der Waals surface area contributed by atoms with E-state index in [1.54, 1.807) is 25.1 Å². The summed E-state index contributed by atoms with van der Waals surface area (Å²) in [5.74, 6) is 1.30. The SMILES string of the molecule is COc1ccc(Br)cc1/C=N\NC(=O)CCSc1ccc(C)cc1. The fraction of sp³-hybridized carbons (Fsp3) is 0.222. The molecule has 0 aliphatic rings. The van der Waals surface area contributed by atoms with Gasteiger partial charge in [0.05, 0.1) is 13.3 Å². The van der Waals surface area contributed by atoms with Gasteiger partial charge >= 0.3 is 0 Å². The molecule has 0 saturated carbocycles. The lowest BCUT2D eigenvalue weighted by Gasteiger charge is -2.05. The van der Waals surface area contributed by atoms with Gasteiger partial charge in [0.25, 0.3) is 0 Å². The number of thioether (sulfide) groups is 1. The zero-order chi connectivity index (χ0) is 17.4. The highest BCUT2D eigenvalue weighted by Gasteiger charge is 2.03. The van der Waals surface area contributed by atoms with Crippen LogP contribution in [-0.4, -0.2) is 25.0 Å². The van der Waals surface area contributed by atoms with Gasteiger partial charge in [0.15, 0.2) is 0 Å². The zero-order valence-electron chi connectivity index (χ0n) is 13.6. The maximum atomic E-state index is 11.8. The number of carbonyl (C=O) groups is 1. The summed E-state index contributed by atoms with van der Waals surface area (Å²) < 4.78 is 6.17. The summed E-state index contributed by atoms with van der Waals surface area (Å²) >= 11 is 5.06. The Hall–Kier alpha value is -1.79. The molecule has 2 aromatic carbocycles.